The van der Waals surface area contributed by atoms with Crippen LogP contribution in [0.3, 0.4) is 0 Å². The van der Waals surface area contributed by atoms with E-state index in [9.17, 15) is 14.4 Å². The molecule has 2 aromatic rings. The molecule has 0 fully saturated rings. The zero-order chi connectivity index (χ0) is 14.5. The van der Waals surface area contributed by atoms with Crippen LogP contribution in [0.4, 0.5) is 0 Å². The number of para-hydroxylation sites is 1. The Morgan fingerprint density at radius 2 is 2.00 bits per heavy atom. The van der Waals surface area contributed by atoms with Crippen LogP contribution in [0.15, 0.2) is 35.4 Å². The number of carbonyl (C=O) groups excluding carboxylic acids is 2. The van der Waals surface area contributed by atoms with Crippen LogP contribution in [-0.4, -0.2) is 35.2 Å². The van der Waals surface area contributed by atoms with E-state index in [1.807, 2.05) is 0 Å². The minimum absolute atomic E-state index is 0.312. The maximum Gasteiger partial charge on any atom is 0.344 e. The van der Waals surface area contributed by atoms with Crippen molar-refractivity contribution in [3.63, 3.8) is 0 Å². The van der Waals surface area contributed by atoms with Gasteiger partial charge in [0.05, 0.1) is 24.3 Å². The third-order valence-electron chi connectivity index (χ3n) is 2.61. The number of methoxy groups -OCH3 is 1. The highest BCUT2D eigenvalue weighted by atomic mass is 16.6. The minimum Gasteiger partial charge on any atom is -0.466 e. The van der Waals surface area contributed by atoms with E-state index in [0.29, 0.717) is 10.9 Å². The lowest BCUT2D eigenvalue weighted by atomic mass is 10.2. The molecule has 0 aliphatic carbocycles. The molecule has 0 N–H and O–H groups in total. The molecular formula is C13H12N2O5. The van der Waals surface area contributed by atoms with E-state index < -0.39 is 18.5 Å². The molecule has 0 radical (unpaired) electrons. The lowest BCUT2D eigenvalue weighted by molar-refractivity contribution is -0.157. The summed E-state index contributed by atoms with van der Waals surface area (Å²) in [6.45, 7) is -0.793. The SMILES string of the molecule is COC(=O)COC(=O)Cn1cnc2ccccc2c1=O. The second-order valence-electron chi connectivity index (χ2n) is 3.93. The normalized spacial score (nSPS) is 10.2. The van der Waals surface area contributed by atoms with E-state index in [-0.39, 0.29) is 12.1 Å². The van der Waals surface area contributed by atoms with Crippen molar-refractivity contribution in [1.82, 2.24) is 9.55 Å². The summed E-state index contributed by atoms with van der Waals surface area (Å²) in [5.41, 5.74) is 0.210. The zero-order valence-corrected chi connectivity index (χ0v) is 10.7. The fourth-order valence-electron chi connectivity index (χ4n) is 1.60. The average Bonchev–Trinajstić information content (AvgIpc) is 2.48. The van der Waals surface area contributed by atoms with Crippen molar-refractivity contribution in [3.05, 3.63) is 40.9 Å². The molecule has 0 aliphatic heterocycles. The van der Waals surface area contributed by atoms with Crippen molar-refractivity contribution in [3.8, 4) is 0 Å². The molecule has 0 bridgehead atoms. The molecule has 1 aromatic carbocycles. The maximum absolute atomic E-state index is 12.1. The summed E-state index contributed by atoms with van der Waals surface area (Å²) in [5, 5.41) is 0.413. The van der Waals surface area contributed by atoms with Crippen LogP contribution >= 0.6 is 0 Å². The molecule has 0 amide bonds. The van der Waals surface area contributed by atoms with Gasteiger partial charge in [0, 0.05) is 0 Å². The average molecular weight is 276 g/mol. The van der Waals surface area contributed by atoms with E-state index in [0.717, 1.165) is 4.57 Å². The van der Waals surface area contributed by atoms with Crippen LogP contribution in [0.25, 0.3) is 10.9 Å². The third-order valence-corrected chi connectivity index (χ3v) is 2.61. The van der Waals surface area contributed by atoms with Crippen molar-refractivity contribution in [1.29, 1.82) is 0 Å². The number of ether oxygens (including phenoxy) is 2. The molecule has 7 nitrogen and oxygen atoms in total. The lowest BCUT2D eigenvalue weighted by Crippen LogP contribution is -2.27. The Hall–Kier alpha value is -2.70. The predicted octanol–water partition coefficient (Wildman–Crippen LogP) is 0.113. The minimum atomic E-state index is -0.713. The standard InChI is InChI=1S/C13H12N2O5/c1-19-12(17)7-20-11(16)6-15-8-14-10-5-3-2-4-9(10)13(15)18/h2-5,8H,6-7H2,1H3. The van der Waals surface area contributed by atoms with Gasteiger partial charge in [0.15, 0.2) is 6.61 Å². The van der Waals surface area contributed by atoms with Crippen molar-refractivity contribution in [2.24, 2.45) is 0 Å². The Balaban J connectivity index is 2.14. The molecule has 1 aromatic heterocycles. The van der Waals surface area contributed by atoms with Crippen LogP contribution in [0.5, 0.6) is 0 Å². The van der Waals surface area contributed by atoms with Gasteiger partial charge in [-0.25, -0.2) is 9.78 Å². The van der Waals surface area contributed by atoms with E-state index in [1.165, 1.54) is 13.4 Å². The van der Waals surface area contributed by atoms with Crippen molar-refractivity contribution in [2.45, 2.75) is 6.54 Å². The fraction of sp³-hybridized carbons (Fsp3) is 0.231. The van der Waals surface area contributed by atoms with E-state index in [4.69, 9.17) is 0 Å². The number of fused-ring (bicyclic) bond motifs is 1. The van der Waals surface area contributed by atoms with Crippen LogP contribution in [0, 0.1) is 0 Å². The highest BCUT2D eigenvalue weighted by Crippen LogP contribution is 2.04. The largest absolute Gasteiger partial charge is 0.466 e. The molecule has 104 valence electrons. The number of hydrogen-bond donors (Lipinski definition) is 0. The first kappa shape index (κ1) is 13.7. The summed E-state index contributed by atoms with van der Waals surface area (Å²) in [6, 6.07) is 6.81. The van der Waals surface area contributed by atoms with Crippen LogP contribution in [0.1, 0.15) is 0 Å². The Morgan fingerprint density at radius 3 is 2.75 bits per heavy atom. The monoisotopic (exact) mass is 276 g/mol. The van der Waals surface area contributed by atoms with Crippen LogP contribution < -0.4 is 5.56 Å². The molecule has 20 heavy (non-hydrogen) atoms. The Labute approximate surface area is 113 Å². The van der Waals surface area contributed by atoms with E-state index in [1.54, 1.807) is 24.3 Å². The highest BCUT2D eigenvalue weighted by Gasteiger charge is 2.10. The maximum atomic E-state index is 12.1. The van der Waals surface area contributed by atoms with Gasteiger partial charge in [-0.05, 0) is 12.1 Å². The molecule has 2 rings (SSSR count). The smallest absolute Gasteiger partial charge is 0.344 e. The summed E-state index contributed by atoms with van der Waals surface area (Å²) in [6.07, 6.45) is 1.27. The summed E-state index contributed by atoms with van der Waals surface area (Å²) in [7, 11) is 1.19. The van der Waals surface area contributed by atoms with Gasteiger partial charge in [0.25, 0.3) is 5.56 Å². The Kier molecular flexibility index (Phi) is 4.09. The molecule has 7 heteroatoms. The van der Waals surface area contributed by atoms with Crippen molar-refractivity contribution >= 4 is 22.8 Å². The zero-order valence-electron chi connectivity index (χ0n) is 10.7. The van der Waals surface area contributed by atoms with Gasteiger partial charge in [0.2, 0.25) is 0 Å². The first-order valence-electron chi connectivity index (χ1n) is 5.78. The van der Waals surface area contributed by atoms with Crippen molar-refractivity contribution < 1.29 is 19.1 Å². The molecule has 0 saturated carbocycles. The molecule has 1 heterocycles. The molecule has 0 unspecified atom stereocenters. The Morgan fingerprint density at radius 1 is 1.25 bits per heavy atom. The van der Waals surface area contributed by atoms with Gasteiger partial charge in [-0.3, -0.25) is 14.2 Å². The second kappa shape index (κ2) is 5.96. The van der Waals surface area contributed by atoms with E-state index >= 15 is 0 Å². The first-order chi connectivity index (χ1) is 9.61. The van der Waals surface area contributed by atoms with Gasteiger partial charge >= 0.3 is 11.9 Å². The van der Waals surface area contributed by atoms with Gasteiger partial charge < -0.3 is 9.47 Å². The molecular weight excluding hydrogens is 264 g/mol. The summed E-state index contributed by atoms with van der Waals surface area (Å²) in [5.74, 6) is -1.38. The molecule has 0 atom stereocenters. The van der Waals surface area contributed by atoms with Crippen LogP contribution in [-0.2, 0) is 25.6 Å². The number of carbonyl (C=O) groups is 2. The quantitative estimate of drug-likeness (QED) is 0.737. The summed E-state index contributed by atoms with van der Waals surface area (Å²) < 4.78 is 10.1. The number of esters is 2. The van der Waals surface area contributed by atoms with Gasteiger partial charge in [-0.1, -0.05) is 12.1 Å². The Bertz CT molecular complexity index is 707. The number of hydrogen-bond acceptors (Lipinski definition) is 6. The van der Waals surface area contributed by atoms with Crippen LogP contribution in [0.2, 0.25) is 0 Å². The molecule has 0 aliphatic rings. The number of aromatic nitrogens is 2. The van der Waals surface area contributed by atoms with E-state index in [2.05, 4.69) is 14.5 Å². The predicted molar refractivity (Wildman–Crippen MR) is 69.0 cm³/mol. The van der Waals surface area contributed by atoms with Gasteiger partial charge in [-0.2, -0.15) is 0 Å². The second-order valence-corrected chi connectivity index (χ2v) is 3.93. The molecule has 0 spiro atoms. The van der Waals surface area contributed by atoms with Crippen molar-refractivity contribution in [2.75, 3.05) is 13.7 Å². The highest BCUT2D eigenvalue weighted by molar-refractivity contribution is 5.78. The lowest BCUT2D eigenvalue weighted by Gasteiger charge is -2.06. The topological polar surface area (TPSA) is 87.5 Å². The number of benzene rings is 1. The number of nitrogens with zero attached hydrogens (tertiary/aromatic N) is 2. The first-order valence-corrected chi connectivity index (χ1v) is 5.78. The number of rotatable bonds is 4. The summed E-state index contributed by atoms with van der Waals surface area (Å²) in [4.78, 5) is 38.5. The van der Waals surface area contributed by atoms with Gasteiger partial charge in [-0.15, -0.1) is 0 Å². The third kappa shape index (κ3) is 3.00. The van der Waals surface area contributed by atoms with Gasteiger partial charge in [0.1, 0.15) is 6.54 Å². The fourth-order valence-corrected chi connectivity index (χ4v) is 1.60. The molecule has 0 saturated heterocycles. The summed E-state index contributed by atoms with van der Waals surface area (Å²) >= 11 is 0.